The Morgan fingerprint density at radius 2 is 2.00 bits per heavy atom. The highest BCUT2D eigenvalue weighted by Gasteiger charge is 2.30. The van der Waals surface area contributed by atoms with E-state index in [-0.39, 0.29) is 11.5 Å². The number of methoxy groups -OCH3 is 1. The van der Waals surface area contributed by atoms with Crippen molar-refractivity contribution in [2.45, 2.75) is 13.8 Å². The molecule has 0 amide bonds. The van der Waals surface area contributed by atoms with Crippen LogP contribution >= 0.6 is 0 Å². The summed E-state index contributed by atoms with van der Waals surface area (Å²) in [6.45, 7) is 3.09. The summed E-state index contributed by atoms with van der Waals surface area (Å²) in [5.74, 6) is 1.15. The number of ketones is 1. The van der Waals surface area contributed by atoms with Crippen molar-refractivity contribution in [3.05, 3.63) is 59.0 Å². The van der Waals surface area contributed by atoms with E-state index in [1.165, 1.54) is 6.92 Å². The second kappa shape index (κ2) is 6.56. The van der Waals surface area contributed by atoms with Crippen LogP contribution in [-0.4, -0.2) is 23.4 Å². The Balaban J connectivity index is 1.77. The molecule has 1 aliphatic rings. The summed E-state index contributed by atoms with van der Waals surface area (Å²) in [7, 11) is 3.56. The third-order valence-electron chi connectivity index (χ3n) is 4.80. The molecule has 2 heterocycles. The maximum Gasteiger partial charge on any atom is 0.308 e. The number of allylic oxidation sites excluding steroid dienone is 1. The van der Waals surface area contributed by atoms with Gasteiger partial charge in [-0.2, -0.15) is 0 Å². The molecule has 0 spiro atoms. The lowest BCUT2D eigenvalue weighted by Crippen LogP contribution is -2.03. The number of aryl methyl sites for hydroxylation is 1. The first-order valence-corrected chi connectivity index (χ1v) is 8.78. The van der Waals surface area contributed by atoms with Crippen LogP contribution < -0.4 is 14.2 Å². The first kappa shape index (κ1) is 17.9. The number of benzene rings is 2. The van der Waals surface area contributed by atoms with Crippen LogP contribution in [0.3, 0.4) is 0 Å². The molecule has 0 radical (unpaired) electrons. The van der Waals surface area contributed by atoms with Crippen LogP contribution in [0.2, 0.25) is 0 Å². The summed E-state index contributed by atoms with van der Waals surface area (Å²) in [4.78, 5) is 24.1. The highest BCUT2D eigenvalue weighted by Crippen LogP contribution is 2.40. The largest absolute Gasteiger partial charge is 0.497 e. The fourth-order valence-corrected chi connectivity index (χ4v) is 3.42. The molecule has 0 aliphatic carbocycles. The number of Topliss-reactive ketones (excluding diaryl/α,β-unsaturated/α-hetero) is 1. The Morgan fingerprint density at radius 3 is 2.71 bits per heavy atom. The topological polar surface area (TPSA) is 66.8 Å². The van der Waals surface area contributed by atoms with Gasteiger partial charge in [-0.25, -0.2) is 0 Å². The number of aromatic nitrogens is 1. The summed E-state index contributed by atoms with van der Waals surface area (Å²) in [6, 6.07) is 9.03. The minimum Gasteiger partial charge on any atom is -0.497 e. The number of rotatable bonds is 3. The average molecular weight is 377 g/mol. The van der Waals surface area contributed by atoms with Gasteiger partial charge in [0.1, 0.15) is 17.2 Å². The van der Waals surface area contributed by atoms with Gasteiger partial charge in [-0.15, -0.1) is 0 Å². The fourth-order valence-electron chi connectivity index (χ4n) is 3.42. The molecule has 6 nitrogen and oxygen atoms in total. The molecular formula is C22H19NO5. The van der Waals surface area contributed by atoms with Crippen LogP contribution in [0.1, 0.15) is 28.4 Å². The molecule has 142 valence electrons. The number of hydrogen-bond acceptors (Lipinski definition) is 5. The van der Waals surface area contributed by atoms with E-state index in [2.05, 4.69) is 0 Å². The van der Waals surface area contributed by atoms with Gasteiger partial charge >= 0.3 is 5.97 Å². The number of nitrogens with zero attached hydrogens (tertiary/aromatic N) is 1. The van der Waals surface area contributed by atoms with Gasteiger partial charge < -0.3 is 18.8 Å². The zero-order chi connectivity index (χ0) is 20.0. The number of carbonyl (C=O) groups excluding carboxylic acids is 2. The molecule has 4 rings (SSSR count). The molecule has 0 N–H and O–H groups in total. The quantitative estimate of drug-likeness (QED) is 0.392. The molecule has 2 aromatic carbocycles. The van der Waals surface area contributed by atoms with E-state index in [9.17, 15) is 9.59 Å². The summed E-state index contributed by atoms with van der Waals surface area (Å²) in [5, 5.41) is 0.957. The van der Waals surface area contributed by atoms with Crippen LogP contribution in [0.4, 0.5) is 0 Å². The van der Waals surface area contributed by atoms with Gasteiger partial charge in [0.15, 0.2) is 5.76 Å². The van der Waals surface area contributed by atoms with Gasteiger partial charge in [-0.3, -0.25) is 9.59 Å². The summed E-state index contributed by atoms with van der Waals surface area (Å²) in [5.41, 5.74) is 2.94. The Bertz CT molecular complexity index is 1170. The highest BCUT2D eigenvalue weighted by molar-refractivity contribution is 6.15. The lowest BCUT2D eigenvalue weighted by Gasteiger charge is -2.08. The molecule has 0 atom stereocenters. The zero-order valence-electron chi connectivity index (χ0n) is 16.0. The predicted octanol–water partition coefficient (Wildman–Crippen LogP) is 4.04. The molecule has 0 bridgehead atoms. The van der Waals surface area contributed by atoms with Crippen LogP contribution in [0.25, 0.3) is 17.0 Å². The van der Waals surface area contributed by atoms with Crippen molar-refractivity contribution in [1.82, 2.24) is 4.57 Å². The Morgan fingerprint density at radius 1 is 1.21 bits per heavy atom. The number of carbonyl (C=O) groups is 2. The summed E-state index contributed by atoms with van der Waals surface area (Å²) < 4.78 is 18.4. The van der Waals surface area contributed by atoms with E-state index >= 15 is 0 Å². The second-order valence-electron chi connectivity index (χ2n) is 6.68. The number of esters is 1. The van der Waals surface area contributed by atoms with Crippen molar-refractivity contribution in [1.29, 1.82) is 0 Å². The number of hydrogen-bond donors (Lipinski definition) is 0. The van der Waals surface area contributed by atoms with Gasteiger partial charge in [-0.05, 0) is 43.3 Å². The molecule has 6 heteroatoms. The van der Waals surface area contributed by atoms with Crippen molar-refractivity contribution in [2.75, 3.05) is 7.11 Å². The third-order valence-corrected chi connectivity index (χ3v) is 4.80. The molecule has 3 aromatic rings. The third kappa shape index (κ3) is 2.83. The van der Waals surface area contributed by atoms with Crippen molar-refractivity contribution in [3.63, 3.8) is 0 Å². The minimum absolute atomic E-state index is 0.202. The van der Waals surface area contributed by atoms with Crippen LogP contribution in [-0.2, 0) is 11.8 Å². The van der Waals surface area contributed by atoms with E-state index in [4.69, 9.17) is 14.2 Å². The SMILES string of the molecule is COc1ccc2c(c1)c(C=C1Oc3c(ccc(OC(C)=O)c3C)C1=O)cn2C. The maximum atomic E-state index is 12.8. The average Bonchev–Trinajstić information content (AvgIpc) is 3.15. The van der Waals surface area contributed by atoms with E-state index in [0.717, 1.165) is 22.2 Å². The normalized spacial score (nSPS) is 14.3. The smallest absolute Gasteiger partial charge is 0.308 e. The van der Waals surface area contributed by atoms with Gasteiger partial charge in [0.05, 0.1) is 12.7 Å². The van der Waals surface area contributed by atoms with Gasteiger partial charge in [0.2, 0.25) is 5.78 Å². The fraction of sp³-hybridized carbons (Fsp3) is 0.182. The Labute approximate surface area is 161 Å². The highest BCUT2D eigenvalue weighted by atomic mass is 16.5. The van der Waals surface area contributed by atoms with Crippen LogP contribution in [0.15, 0.2) is 42.3 Å². The first-order valence-electron chi connectivity index (χ1n) is 8.78. The Hall–Kier alpha value is -3.54. The molecule has 0 fully saturated rings. The van der Waals surface area contributed by atoms with Crippen molar-refractivity contribution in [3.8, 4) is 17.2 Å². The molecule has 0 unspecified atom stereocenters. The van der Waals surface area contributed by atoms with Crippen LogP contribution in [0.5, 0.6) is 17.2 Å². The van der Waals surface area contributed by atoms with E-state index in [0.29, 0.717) is 22.6 Å². The molecule has 0 saturated heterocycles. The van der Waals surface area contributed by atoms with Crippen molar-refractivity contribution < 1.29 is 23.8 Å². The van der Waals surface area contributed by atoms with Crippen molar-refractivity contribution in [2.24, 2.45) is 7.05 Å². The van der Waals surface area contributed by atoms with E-state index in [1.807, 2.05) is 36.0 Å². The van der Waals surface area contributed by atoms with Crippen LogP contribution in [0, 0.1) is 6.92 Å². The van der Waals surface area contributed by atoms with Gasteiger partial charge in [0.25, 0.3) is 0 Å². The lowest BCUT2D eigenvalue weighted by atomic mass is 10.1. The lowest BCUT2D eigenvalue weighted by molar-refractivity contribution is -0.131. The van der Waals surface area contributed by atoms with Gasteiger partial charge in [0, 0.05) is 42.2 Å². The van der Waals surface area contributed by atoms with E-state index in [1.54, 1.807) is 32.2 Å². The molecule has 28 heavy (non-hydrogen) atoms. The minimum atomic E-state index is -0.423. The second-order valence-corrected chi connectivity index (χ2v) is 6.68. The molecular weight excluding hydrogens is 358 g/mol. The zero-order valence-corrected chi connectivity index (χ0v) is 16.0. The molecule has 1 aliphatic heterocycles. The maximum absolute atomic E-state index is 12.8. The van der Waals surface area contributed by atoms with E-state index < -0.39 is 5.97 Å². The van der Waals surface area contributed by atoms with Crippen molar-refractivity contribution >= 4 is 28.7 Å². The predicted molar refractivity (Wildman–Crippen MR) is 105 cm³/mol. The van der Waals surface area contributed by atoms with Gasteiger partial charge in [-0.1, -0.05) is 0 Å². The summed E-state index contributed by atoms with van der Waals surface area (Å²) in [6.07, 6.45) is 3.67. The first-order chi connectivity index (χ1) is 13.4. The molecule has 1 aromatic heterocycles. The monoisotopic (exact) mass is 377 g/mol. The summed E-state index contributed by atoms with van der Waals surface area (Å²) >= 11 is 0. The molecule has 0 saturated carbocycles. The number of ether oxygens (including phenoxy) is 3. The standard InChI is InChI=1S/C22H19NO5/c1-12-19(27-13(2)24)8-6-16-21(25)20(28-22(12)16)9-14-11-23(3)18-7-5-15(26-4)10-17(14)18/h5-11H,1-4H3. The Kier molecular flexibility index (Phi) is 4.19. The number of fused-ring (bicyclic) bond motifs is 2.